The lowest BCUT2D eigenvalue weighted by Crippen LogP contribution is -2.56. The smallest absolute Gasteiger partial charge is 0.246 e. The Bertz CT molecular complexity index is 1550. The molecule has 0 bridgehead atoms. The van der Waals surface area contributed by atoms with E-state index in [1.54, 1.807) is 18.2 Å². The van der Waals surface area contributed by atoms with Gasteiger partial charge in [-0.1, -0.05) is 35.9 Å². The number of carbonyl (C=O) groups is 4. The van der Waals surface area contributed by atoms with E-state index in [1.807, 2.05) is 31.2 Å². The molecule has 44 heavy (non-hydrogen) atoms. The normalized spacial score (nSPS) is 14.8. The maximum Gasteiger partial charge on any atom is 0.246 e. The molecular weight excluding hydrogens is 590 g/mol. The van der Waals surface area contributed by atoms with Crippen LogP contribution < -0.4 is 16.4 Å². The Labute approximate surface area is 259 Å². The average molecular weight is 625 g/mol. The van der Waals surface area contributed by atoms with Gasteiger partial charge in [0.1, 0.15) is 12.1 Å². The molecule has 1 aliphatic heterocycles. The van der Waals surface area contributed by atoms with Gasteiger partial charge in [-0.25, -0.2) is 8.78 Å². The Balaban J connectivity index is 1.50. The third-order valence-electron chi connectivity index (χ3n) is 7.68. The summed E-state index contributed by atoms with van der Waals surface area (Å²) in [4.78, 5) is 54.6. The highest BCUT2D eigenvalue weighted by atomic mass is 35.5. The minimum Gasteiger partial charge on any atom is -0.342 e. The van der Waals surface area contributed by atoms with Crippen molar-refractivity contribution in [3.63, 3.8) is 0 Å². The molecule has 3 aromatic rings. The third kappa shape index (κ3) is 8.27. The number of hydrogen-bond acceptors (Lipinski definition) is 5. The number of anilines is 1. The monoisotopic (exact) mass is 624 g/mol. The second-order valence-electron chi connectivity index (χ2n) is 10.9. The van der Waals surface area contributed by atoms with Crippen molar-refractivity contribution in [3.05, 3.63) is 99.6 Å². The van der Waals surface area contributed by atoms with Crippen molar-refractivity contribution in [1.29, 1.82) is 0 Å². The van der Waals surface area contributed by atoms with E-state index in [2.05, 4.69) is 10.6 Å². The fourth-order valence-electron chi connectivity index (χ4n) is 5.18. The highest BCUT2D eigenvalue weighted by Crippen LogP contribution is 2.26. The number of ketones is 1. The van der Waals surface area contributed by atoms with Gasteiger partial charge in [-0.05, 0) is 85.8 Å². The van der Waals surface area contributed by atoms with Crippen LogP contribution in [0.1, 0.15) is 59.2 Å². The second-order valence-corrected chi connectivity index (χ2v) is 11.3. The second kappa shape index (κ2) is 15.0. The molecule has 0 radical (unpaired) electrons. The van der Waals surface area contributed by atoms with Crippen LogP contribution in [-0.2, 0) is 27.3 Å². The SMILES string of the molecule is Cc1cc(NC(=O)[C@H](CCCCN)NC(=O)[C@@H]2Cc3ccccc3CN2C(=O)CCC(=O)c2ccc(F)c(F)c2)ccc1Cl. The van der Waals surface area contributed by atoms with E-state index >= 15 is 0 Å². The van der Waals surface area contributed by atoms with Crippen LogP contribution in [0, 0.1) is 18.6 Å². The number of unbranched alkanes of at least 4 members (excludes halogenated alkanes) is 1. The number of hydrogen-bond donors (Lipinski definition) is 3. The molecule has 4 N–H and O–H groups in total. The van der Waals surface area contributed by atoms with Crippen LogP contribution in [0.3, 0.4) is 0 Å². The lowest BCUT2D eigenvalue weighted by atomic mass is 9.92. The molecule has 0 saturated carbocycles. The standard InChI is InChI=1S/C33H35ClF2N4O4/c1-20-16-24(10-11-25(20)34)38-32(43)28(8-4-5-15-37)39-33(44)29-18-21-6-2-3-7-23(21)19-40(29)31(42)14-13-30(41)22-9-12-26(35)27(36)17-22/h2-3,6-7,9-12,16-17,28-29H,4-5,8,13-15,18-19,37H2,1H3,(H,38,43)(H,39,44)/t28-,29-/m0/s1. The van der Waals surface area contributed by atoms with Gasteiger partial charge in [0, 0.05) is 42.1 Å². The van der Waals surface area contributed by atoms with Gasteiger partial charge in [-0.3, -0.25) is 19.2 Å². The number of rotatable bonds is 12. The molecule has 0 aliphatic carbocycles. The molecule has 0 spiro atoms. The van der Waals surface area contributed by atoms with E-state index in [4.69, 9.17) is 17.3 Å². The maximum absolute atomic E-state index is 13.8. The zero-order valence-corrected chi connectivity index (χ0v) is 25.1. The summed E-state index contributed by atoms with van der Waals surface area (Å²) in [5.41, 5.74) is 8.69. The van der Waals surface area contributed by atoms with Gasteiger partial charge in [0.2, 0.25) is 17.7 Å². The van der Waals surface area contributed by atoms with Crippen LogP contribution in [0.25, 0.3) is 0 Å². The van der Waals surface area contributed by atoms with Gasteiger partial charge in [0.25, 0.3) is 0 Å². The van der Waals surface area contributed by atoms with Crippen molar-refractivity contribution in [2.24, 2.45) is 5.73 Å². The average Bonchev–Trinajstić information content (AvgIpc) is 3.01. The molecule has 0 unspecified atom stereocenters. The molecule has 11 heteroatoms. The van der Waals surface area contributed by atoms with E-state index in [-0.39, 0.29) is 31.4 Å². The number of aryl methyl sites for hydroxylation is 1. The molecule has 3 aromatic carbocycles. The molecule has 3 amide bonds. The predicted octanol–water partition coefficient (Wildman–Crippen LogP) is 5.10. The van der Waals surface area contributed by atoms with Gasteiger partial charge in [0.05, 0.1) is 0 Å². The van der Waals surface area contributed by atoms with Crippen molar-refractivity contribution in [2.75, 3.05) is 11.9 Å². The number of amides is 3. The number of benzene rings is 3. The Morgan fingerprint density at radius 2 is 1.73 bits per heavy atom. The summed E-state index contributed by atoms with van der Waals surface area (Å²) < 4.78 is 26.9. The van der Waals surface area contributed by atoms with Gasteiger partial charge in [0.15, 0.2) is 17.4 Å². The first-order valence-corrected chi connectivity index (χ1v) is 14.9. The number of nitrogens with two attached hydrogens (primary N) is 1. The number of nitrogens with zero attached hydrogens (tertiary/aromatic N) is 1. The van der Waals surface area contributed by atoms with Crippen molar-refractivity contribution < 1.29 is 28.0 Å². The molecular formula is C33H35ClF2N4O4. The first kappa shape index (κ1) is 32.8. The molecule has 0 fully saturated rings. The Morgan fingerprint density at radius 1 is 0.977 bits per heavy atom. The largest absolute Gasteiger partial charge is 0.342 e. The molecule has 232 valence electrons. The zero-order chi connectivity index (χ0) is 31.8. The summed E-state index contributed by atoms with van der Waals surface area (Å²) in [6.45, 7) is 2.39. The van der Waals surface area contributed by atoms with Crippen molar-refractivity contribution in [2.45, 2.75) is 64.1 Å². The highest BCUT2D eigenvalue weighted by Gasteiger charge is 2.36. The molecule has 1 aliphatic rings. The molecule has 0 saturated heterocycles. The van der Waals surface area contributed by atoms with E-state index < -0.39 is 47.2 Å². The Morgan fingerprint density at radius 3 is 2.43 bits per heavy atom. The molecule has 8 nitrogen and oxygen atoms in total. The van der Waals surface area contributed by atoms with Crippen LogP contribution in [0.5, 0.6) is 0 Å². The van der Waals surface area contributed by atoms with Gasteiger partial charge in [-0.2, -0.15) is 0 Å². The minimum absolute atomic E-state index is 0.0443. The summed E-state index contributed by atoms with van der Waals surface area (Å²) in [6, 6.07) is 13.5. The van der Waals surface area contributed by atoms with Crippen molar-refractivity contribution in [3.8, 4) is 0 Å². The summed E-state index contributed by atoms with van der Waals surface area (Å²) in [5, 5.41) is 6.25. The van der Waals surface area contributed by atoms with Crippen LogP contribution in [0.2, 0.25) is 5.02 Å². The molecule has 2 atom stereocenters. The van der Waals surface area contributed by atoms with Crippen molar-refractivity contribution in [1.82, 2.24) is 10.2 Å². The van der Waals surface area contributed by atoms with Crippen LogP contribution in [0.15, 0.2) is 60.7 Å². The molecule has 1 heterocycles. The topological polar surface area (TPSA) is 122 Å². The van der Waals surface area contributed by atoms with Crippen LogP contribution in [-0.4, -0.2) is 47.0 Å². The summed E-state index contributed by atoms with van der Waals surface area (Å²) >= 11 is 6.12. The lowest BCUT2D eigenvalue weighted by molar-refractivity contribution is -0.142. The molecule has 0 aromatic heterocycles. The lowest BCUT2D eigenvalue weighted by Gasteiger charge is -2.37. The summed E-state index contributed by atoms with van der Waals surface area (Å²) in [6.07, 6.45) is 1.32. The van der Waals surface area contributed by atoms with E-state index in [1.165, 1.54) is 11.0 Å². The number of halogens is 3. The predicted molar refractivity (Wildman–Crippen MR) is 164 cm³/mol. The Hall–Kier alpha value is -4.15. The van der Waals surface area contributed by atoms with Gasteiger partial charge >= 0.3 is 0 Å². The first-order chi connectivity index (χ1) is 21.1. The highest BCUT2D eigenvalue weighted by molar-refractivity contribution is 6.31. The number of Topliss-reactive ketones (excluding diaryl/α,β-unsaturated/α-hetero) is 1. The van der Waals surface area contributed by atoms with Crippen LogP contribution >= 0.6 is 11.6 Å². The van der Waals surface area contributed by atoms with E-state index in [9.17, 15) is 28.0 Å². The quantitative estimate of drug-likeness (QED) is 0.191. The minimum atomic E-state index is -1.15. The fraction of sp³-hybridized carbons (Fsp3) is 0.333. The number of fused-ring (bicyclic) bond motifs is 1. The summed E-state index contributed by atoms with van der Waals surface area (Å²) in [7, 11) is 0. The first-order valence-electron chi connectivity index (χ1n) is 14.5. The molecule has 4 rings (SSSR count). The van der Waals surface area contributed by atoms with Gasteiger partial charge in [-0.15, -0.1) is 0 Å². The maximum atomic E-state index is 13.8. The fourth-order valence-corrected chi connectivity index (χ4v) is 5.30. The van der Waals surface area contributed by atoms with Crippen molar-refractivity contribution >= 4 is 40.8 Å². The number of nitrogens with one attached hydrogen (secondary N) is 2. The summed E-state index contributed by atoms with van der Waals surface area (Å²) in [5.74, 6) is -4.11. The van der Waals surface area contributed by atoms with E-state index in [0.29, 0.717) is 36.5 Å². The van der Waals surface area contributed by atoms with Gasteiger partial charge < -0.3 is 21.3 Å². The van der Waals surface area contributed by atoms with Crippen LogP contribution in [0.4, 0.5) is 14.5 Å². The van der Waals surface area contributed by atoms with E-state index in [0.717, 1.165) is 28.8 Å². The third-order valence-corrected chi connectivity index (χ3v) is 8.11. The number of carbonyl (C=O) groups excluding carboxylic acids is 4. The Kier molecular flexibility index (Phi) is 11.2. The zero-order valence-electron chi connectivity index (χ0n) is 24.4.